The van der Waals surface area contributed by atoms with Crippen LogP contribution in [-0.4, -0.2) is 13.2 Å². The summed E-state index contributed by atoms with van der Waals surface area (Å²) in [5, 5.41) is 0. The number of benzene rings is 2. The second-order valence-corrected chi connectivity index (χ2v) is 7.05. The van der Waals surface area contributed by atoms with Gasteiger partial charge in [0.25, 0.3) is 0 Å². The van der Waals surface area contributed by atoms with E-state index in [0.717, 1.165) is 24.1 Å². The number of hydrogen-bond donors (Lipinski definition) is 0. The minimum Gasteiger partial charge on any atom is -0.373 e. The summed E-state index contributed by atoms with van der Waals surface area (Å²) in [5.74, 6) is 0.991. The molecule has 0 radical (unpaired) electrons. The summed E-state index contributed by atoms with van der Waals surface area (Å²) in [6, 6.07) is 19.1. The average Bonchev–Trinajstić information content (AvgIpc) is 3.00. The second kappa shape index (κ2) is 6.15. The van der Waals surface area contributed by atoms with Crippen LogP contribution in [0.2, 0.25) is 0 Å². The van der Waals surface area contributed by atoms with Crippen molar-refractivity contribution >= 4 is 15.9 Å². The lowest BCUT2D eigenvalue weighted by Crippen LogP contribution is -2.31. The molecule has 2 nitrogen and oxygen atoms in total. The fourth-order valence-corrected chi connectivity index (χ4v) is 4.03. The Morgan fingerprint density at radius 3 is 2.27 bits per heavy atom. The lowest BCUT2D eigenvalue weighted by atomic mass is 9.78. The quantitative estimate of drug-likeness (QED) is 0.758. The highest BCUT2D eigenvalue weighted by Gasteiger charge is 2.46. The molecule has 22 heavy (non-hydrogen) atoms. The maximum absolute atomic E-state index is 6.17. The Hall–Kier alpha value is -1.16. The minimum atomic E-state index is 0.125. The van der Waals surface area contributed by atoms with Crippen molar-refractivity contribution in [2.24, 2.45) is 11.8 Å². The van der Waals surface area contributed by atoms with E-state index in [1.165, 1.54) is 11.1 Å². The first-order valence-electron chi connectivity index (χ1n) is 7.86. The van der Waals surface area contributed by atoms with Crippen LogP contribution in [-0.2, 0) is 9.47 Å². The van der Waals surface area contributed by atoms with Gasteiger partial charge in [-0.2, -0.15) is 0 Å². The van der Waals surface area contributed by atoms with Gasteiger partial charge in [0.05, 0.1) is 18.8 Å². The van der Waals surface area contributed by atoms with E-state index in [1.807, 2.05) is 0 Å². The van der Waals surface area contributed by atoms with Crippen molar-refractivity contribution < 1.29 is 9.47 Å². The van der Waals surface area contributed by atoms with Crippen molar-refractivity contribution in [2.45, 2.75) is 18.6 Å². The normalized spacial score (nSPS) is 31.0. The summed E-state index contributed by atoms with van der Waals surface area (Å²) >= 11 is 3.51. The zero-order chi connectivity index (χ0) is 14.9. The van der Waals surface area contributed by atoms with Crippen LogP contribution in [0, 0.1) is 11.8 Å². The van der Waals surface area contributed by atoms with Crippen LogP contribution >= 0.6 is 15.9 Å². The van der Waals surface area contributed by atoms with Gasteiger partial charge in [-0.3, -0.25) is 0 Å². The fraction of sp³-hybridized carbons (Fsp3) is 0.368. The molecule has 0 aliphatic carbocycles. The summed E-state index contributed by atoms with van der Waals surface area (Å²) in [6.45, 7) is 1.67. The Balaban J connectivity index is 1.68. The number of hydrogen-bond acceptors (Lipinski definition) is 2. The predicted octanol–water partition coefficient (Wildman–Crippen LogP) is 4.91. The van der Waals surface area contributed by atoms with Crippen LogP contribution in [0.3, 0.4) is 0 Å². The molecule has 2 fully saturated rings. The lowest BCUT2D eigenvalue weighted by molar-refractivity contribution is -0.0605. The van der Waals surface area contributed by atoms with Gasteiger partial charge < -0.3 is 9.47 Å². The number of fused-ring (bicyclic) bond motifs is 1. The lowest BCUT2D eigenvalue weighted by Gasteiger charge is -2.36. The van der Waals surface area contributed by atoms with Gasteiger partial charge in [-0.25, -0.2) is 0 Å². The van der Waals surface area contributed by atoms with Crippen molar-refractivity contribution in [1.29, 1.82) is 0 Å². The summed E-state index contributed by atoms with van der Waals surface area (Å²) in [6.07, 6.45) is 1.36. The molecule has 0 saturated carbocycles. The van der Waals surface area contributed by atoms with Gasteiger partial charge in [-0.15, -0.1) is 0 Å². The van der Waals surface area contributed by atoms with Crippen molar-refractivity contribution in [1.82, 2.24) is 0 Å². The molecule has 0 aromatic heterocycles. The molecule has 2 aromatic carbocycles. The topological polar surface area (TPSA) is 18.5 Å². The first kappa shape index (κ1) is 14.4. The Bertz CT molecular complexity index is 626. The van der Waals surface area contributed by atoms with E-state index in [4.69, 9.17) is 9.47 Å². The summed E-state index contributed by atoms with van der Waals surface area (Å²) in [7, 11) is 0. The monoisotopic (exact) mass is 358 g/mol. The average molecular weight is 359 g/mol. The van der Waals surface area contributed by atoms with Gasteiger partial charge in [0.15, 0.2) is 0 Å². The van der Waals surface area contributed by atoms with E-state index in [0.29, 0.717) is 11.8 Å². The van der Waals surface area contributed by atoms with E-state index in [9.17, 15) is 0 Å². The van der Waals surface area contributed by atoms with Crippen LogP contribution in [0.1, 0.15) is 29.8 Å². The van der Waals surface area contributed by atoms with Crippen LogP contribution in [0.5, 0.6) is 0 Å². The molecule has 114 valence electrons. The highest BCUT2D eigenvalue weighted by atomic mass is 79.9. The standard InChI is InChI=1S/C19H19BrO2/c20-16-8-6-14(7-9-16)18-17-15(10-11-21-18)12-22-19(17)13-4-2-1-3-5-13/h1-9,15,17-19H,10-12H2/t15-,17-,18+,19-/m0/s1. The molecule has 0 amide bonds. The summed E-state index contributed by atoms with van der Waals surface area (Å²) < 4.78 is 13.4. The van der Waals surface area contributed by atoms with Crippen molar-refractivity contribution in [3.8, 4) is 0 Å². The molecule has 2 aliphatic heterocycles. The van der Waals surface area contributed by atoms with Crippen LogP contribution in [0.4, 0.5) is 0 Å². The Kier molecular flexibility index (Phi) is 4.03. The predicted molar refractivity (Wildman–Crippen MR) is 89.6 cm³/mol. The van der Waals surface area contributed by atoms with Gasteiger partial charge in [-0.05, 0) is 35.6 Å². The molecule has 0 unspecified atom stereocenters. The van der Waals surface area contributed by atoms with Gasteiger partial charge in [0.2, 0.25) is 0 Å². The molecule has 4 rings (SSSR count). The van der Waals surface area contributed by atoms with Gasteiger partial charge in [-0.1, -0.05) is 58.4 Å². The van der Waals surface area contributed by atoms with Crippen molar-refractivity contribution in [2.75, 3.05) is 13.2 Å². The highest BCUT2D eigenvalue weighted by molar-refractivity contribution is 9.10. The van der Waals surface area contributed by atoms with E-state index in [-0.39, 0.29) is 12.2 Å². The van der Waals surface area contributed by atoms with Crippen LogP contribution < -0.4 is 0 Å². The third kappa shape index (κ3) is 2.62. The maximum atomic E-state index is 6.17. The molecule has 2 heterocycles. The first-order valence-corrected chi connectivity index (χ1v) is 8.66. The Morgan fingerprint density at radius 2 is 1.50 bits per heavy atom. The molecule has 2 saturated heterocycles. The third-order valence-corrected chi connectivity index (χ3v) is 5.37. The first-order chi connectivity index (χ1) is 10.8. The molecule has 3 heteroatoms. The van der Waals surface area contributed by atoms with Gasteiger partial charge >= 0.3 is 0 Å². The van der Waals surface area contributed by atoms with E-state index < -0.39 is 0 Å². The third-order valence-electron chi connectivity index (χ3n) is 4.85. The van der Waals surface area contributed by atoms with Gasteiger partial charge in [0, 0.05) is 17.0 Å². The maximum Gasteiger partial charge on any atom is 0.0884 e. The minimum absolute atomic E-state index is 0.125. The SMILES string of the molecule is Brc1ccc([C@H]2OCC[C@H]3CO[C@@H](c4ccccc4)[C@@H]32)cc1. The Morgan fingerprint density at radius 1 is 0.818 bits per heavy atom. The summed E-state index contributed by atoms with van der Waals surface area (Å²) in [4.78, 5) is 0. The number of halogens is 1. The molecule has 0 N–H and O–H groups in total. The highest BCUT2D eigenvalue weighted by Crippen LogP contribution is 2.50. The molecule has 0 bridgehead atoms. The Labute approximate surface area is 139 Å². The smallest absolute Gasteiger partial charge is 0.0884 e. The second-order valence-electron chi connectivity index (χ2n) is 6.13. The van der Waals surface area contributed by atoms with Gasteiger partial charge in [0.1, 0.15) is 0 Å². The van der Waals surface area contributed by atoms with E-state index in [2.05, 4.69) is 70.5 Å². The largest absolute Gasteiger partial charge is 0.373 e. The summed E-state index contributed by atoms with van der Waals surface area (Å²) in [5.41, 5.74) is 2.52. The van der Waals surface area contributed by atoms with E-state index in [1.54, 1.807) is 0 Å². The van der Waals surface area contributed by atoms with Crippen LogP contribution in [0.15, 0.2) is 59.1 Å². The molecular formula is C19H19BrO2. The molecule has 0 spiro atoms. The molecular weight excluding hydrogens is 340 g/mol. The zero-order valence-corrected chi connectivity index (χ0v) is 13.9. The molecule has 2 aromatic rings. The van der Waals surface area contributed by atoms with Crippen molar-refractivity contribution in [3.05, 3.63) is 70.2 Å². The molecule has 2 aliphatic rings. The number of ether oxygens (including phenoxy) is 2. The fourth-order valence-electron chi connectivity index (χ4n) is 3.77. The number of rotatable bonds is 2. The van der Waals surface area contributed by atoms with Crippen molar-refractivity contribution in [3.63, 3.8) is 0 Å². The van der Waals surface area contributed by atoms with E-state index >= 15 is 0 Å². The van der Waals surface area contributed by atoms with Crippen LogP contribution in [0.25, 0.3) is 0 Å². The molecule has 4 atom stereocenters. The zero-order valence-electron chi connectivity index (χ0n) is 12.3.